The van der Waals surface area contributed by atoms with Crippen LogP contribution in [-0.4, -0.2) is 11.0 Å². The lowest BCUT2D eigenvalue weighted by Gasteiger charge is -2.05. The lowest BCUT2D eigenvalue weighted by molar-refractivity contribution is -0.119. The molecule has 0 heterocycles. The van der Waals surface area contributed by atoms with Crippen LogP contribution in [0.15, 0.2) is 0 Å². The predicted molar refractivity (Wildman–Crippen MR) is 61.8 cm³/mol. The summed E-state index contributed by atoms with van der Waals surface area (Å²) in [5, 5.41) is 6.50. The molecule has 15 heavy (non-hydrogen) atoms. The molecule has 3 N–H and O–H groups in total. The average molecular weight is 215 g/mol. The summed E-state index contributed by atoms with van der Waals surface area (Å²) in [6.07, 6.45) is 13.4. The molecular formula is C12H25NO2. The second-order valence-electron chi connectivity index (χ2n) is 4.22. The van der Waals surface area contributed by atoms with Crippen molar-refractivity contribution in [1.29, 1.82) is 0 Å². The normalized spacial score (nSPS) is 20.5. The van der Waals surface area contributed by atoms with Crippen LogP contribution in [0.1, 0.15) is 70.6 Å². The number of carbonyl (C=O) groups is 1. The molecule has 1 aliphatic rings. The first-order valence-corrected chi connectivity index (χ1v) is 6.17. The van der Waals surface area contributed by atoms with Gasteiger partial charge in [0.15, 0.2) is 0 Å². The maximum atomic E-state index is 11.3. The summed E-state index contributed by atoms with van der Waals surface area (Å²) < 4.78 is 0. The molecule has 1 saturated carbocycles. The molecule has 3 heteroatoms. The summed E-state index contributed by atoms with van der Waals surface area (Å²) in [6, 6.07) is 0. The number of hydrogen-bond donors (Lipinski definition) is 2. The van der Waals surface area contributed by atoms with Crippen molar-refractivity contribution < 1.29 is 10.0 Å². The van der Waals surface area contributed by atoms with Gasteiger partial charge < -0.3 is 5.21 Å². The van der Waals surface area contributed by atoms with Crippen LogP contribution in [0.25, 0.3) is 0 Å². The van der Waals surface area contributed by atoms with Crippen LogP contribution >= 0.6 is 0 Å². The van der Waals surface area contributed by atoms with Gasteiger partial charge in [-0.25, -0.2) is 5.90 Å². The van der Waals surface area contributed by atoms with Crippen LogP contribution in [0.3, 0.4) is 0 Å². The van der Waals surface area contributed by atoms with Gasteiger partial charge in [0.25, 0.3) is 0 Å². The van der Waals surface area contributed by atoms with Gasteiger partial charge >= 0.3 is 0 Å². The minimum absolute atomic E-state index is 0.501. The zero-order valence-corrected chi connectivity index (χ0v) is 9.71. The van der Waals surface area contributed by atoms with Crippen molar-refractivity contribution in [2.45, 2.75) is 70.6 Å². The number of ketones is 1. The second kappa shape index (κ2) is 11.7. The van der Waals surface area contributed by atoms with Crippen LogP contribution in [0.2, 0.25) is 0 Å². The summed E-state index contributed by atoms with van der Waals surface area (Å²) in [5.74, 6) is 4.00. The van der Waals surface area contributed by atoms with E-state index in [0.29, 0.717) is 5.78 Å². The molecule has 0 spiro atoms. The van der Waals surface area contributed by atoms with Gasteiger partial charge in [-0.3, -0.25) is 4.79 Å². The van der Waals surface area contributed by atoms with Crippen LogP contribution in [0.5, 0.6) is 0 Å². The van der Waals surface area contributed by atoms with Crippen LogP contribution in [0, 0.1) is 0 Å². The average Bonchev–Trinajstić information content (AvgIpc) is 2.26. The van der Waals surface area contributed by atoms with Crippen molar-refractivity contribution in [3.8, 4) is 0 Å². The Balaban J connectivity index is 0.000000921. The quantitative estimate of drug-likeness (QED) is 0.610. The summed E-state index contributed by atoms with van der Waals surface area (Å²) in [4.78, 5) is 11.3. The Bertz CT molecular complexity index is 135. The zero-order chi connectivity index (χ0) is 11.4. The summed E-state index contributed by atoms with van der Waals surface area (Å²) in [7, 11) is 0. The summed E-state index contributed by atoms with van der Waals surface area (Å²) in [6.45, 7) is 0. The Kier molecular flexibility index (Phi) is 11.3. The Morgan fingerprint density at radius 3 is 1.27 bits per heavy atom. The van der Waals surface area contributed by atoms with Gasteiger partial charge in [0, 0.05) is 12.8 Å². The Hall–Kier alpha value is -0.410. The third kappa shape index (κ3) is 9.88. The number of Topliss-reactive ketones (excluding diaryl/α,β-unsaturated/α-hetero) is 1. The molecular weight excluding hydrogens is 190 g/mol. The molecule has 0 saturated heterocycles. The van der Waals surface area contributed by atoms with Crippen molar-refractivity contribution in [3.05, 3.63) is 0 Å². The highest BCUT2D eigenvalue weighted by Gasteiger charge is 2.02. The van der Waals surface area contributed by atoms with Gasteiger partial charge in [-0.2, -0.15) is 0 Å². The molecule has 0 amide bonds. The Morgan fingerprint density at radius 2 is 0.933 bits per heavy atom. The lowest BCUT2D eigenvalue weighted by Crippen LogP contribution is -1.98. The number of hydrogen-bond acceptors (Lipinski definition) is 3. The van der Waals surface area contributed by atoms with Gasteiger partial charge in [-0.1, -0.05) is 44.9 Å². The standard InChI is InChI=1S/C12H22O.H3NO/c13-12-10-8-6-4-2-1-3-5-7-9-11-12;1-2/h1-11H2;2H,1H2. The molecule has 0 aromatic heterocycles. The molecule has 1 fully saturated rings. The van der Waals surface area contributed by atoms with Gasteiger partial charge in [-0.05, 0) is 12.8 Å². The van der Waals surface area contributed by atoms with E-state index in [-0.39, 0.29) is 0 Å². The number of nitrogens with two attached hydrogens (primary N) is 1. The summed E-state index contributed by atoms with van der Waals surface area (Å²) in [5.41, 5.74) is 0. The van der Waals surface area contributed by atoms with E-state index in [9.17, 15) is 4.79 Å². The Labute approximate surface area is 93.0 Å². The van der Waals surface area contributed by atoms with E-state index in [1.54, 1.807) is 0 Å². The number of rotatable bonds is 0. The minimum Gasteiger partial charge on any atom is -0.320 e. The van der Waals surface area contributed by atoms with E-state index < -0.39 is 0 Å². The van der Waals surface area contributed by atoms with Gasteiger partial charge in [-0.15, -0.1) is 0 Å². The van der Waals surface area contributed by atoms with E-state index >= 15 is 0 Å². The van der Waals surface area contributed by atoms with E-state index in [1.165, 1.54) is 44.9 Å². The van der Waals surface area contributed by atoms with Gasteiger partial charge in [0.1, 0.15) is 5.78 Å². The molecule has 1 rings (SSSR count). The SMILES string of the molecule is NO.O=C1CCCCCCCCCCC1. The number of carbonyl (C=O) groups excluding carboxylic acids is 1. The first-order chi connectivity index (χ1) is 7.39. The van der Waals surface area contributed by atoms with Crippen LogP contribution in [0.4, 0.5) is 0 Å². The van der Waals surface area contributed by atoms with Gasteiger partial charge in [0.05, 0.1) is 0 Å². The molecule has 90 valence electrons. The third-order valence-electron chi connectivity index (χ3n) is 2.91. The largest absolute Gasteiger partial charge is 0.320 e. The fraction of sp³-hybridized carbons (Fsp3) is 0.917. The third-order valence-corrected chi connectivity index (χ3v) is 2.91. The topological polar surface area (TPSA) is 63.3 Å². The van der Waals surface area contributed by atoms with E-state index in [0.717, 1.165) is 25.7 Å². The fourth-order valence-electron chi connectivity index (χ4n) is 2.01. The molecule has 0 aromatic rings. The van der Waals surface area contributed by atoms with Crippen molar-refractivity contribution in [1.82, 2.24) is 0 Å². The highest BCUT2D eigenvalue weighted by molar-refractivity contribution is 5.78. The molecule has 0 bridgehead atoms. The fourth-order valence-corrected chi connectivity index (χ4v) is 2.01. The molecule has 3 nitrogen and oxygen atoms in total. The predicted octanol–water partition coefficient (Wildman–Crippen LogP) is 3.19. The first-order valence-electron chi connectivity index (χ1n) is 6.17. The molecule has 0 unspecified atom stereocenters. The lowest BCUT2D eigenvalue weighted by atomic mass is 10.0. The minimum atomic E-state index is 0.501. The molecule has 0 radical (unpaired) electrons. The van der Waals surface area contributed by atoms with Crippen molar-refractivity contribution in [3.63, 3.8) is 0 Å². The molecule has 1 aliphatic carbocycles. The van der Waals surface area contributed by atoms with Gasteiger partial charge in [0.2, 0.25) is 0 Å². The maximum Gasteiger partial charge on any atom is 0.132 e. The Morgan fingerprint density at radius 1 is 0.667 bits per heavy atom. The van der Waals surface area contributed by atoms with E-state index in [2.05, 4.69) is 5.90 Å². The second-order valence-corrected chi connectivity index (χ2v) is 4.22. The van der Waals surface area contributed by atoms with E-state index in [1.807, 2.05) is 0 Å². The van der Waals surface area contributed by atoms with Crippen molar-refractivity contribution in [2.75, 3.05) is 0 Å². The highest BCUT2D eigenvalue weighted by Crippen LogP contribution is 2.14. The van der Waals surface area contributed by atoms with E-state index in [4.69, 9.17) is 5.21 Å². The van der Waals surface area contributed by atoms with Crippen molar-refractivity contribution in [2.24, 2.45) is 5.90 Å². The molecule has 0 atom stereocenters. The van der Waals surface area contributed by atoms with Crippen molar-refractivity contribution >= 4 is 5.78 Å². The first kappa shape index (κ1) is 14.6. The zero-order valence-electron chi connectivity index (χ0n) is 9.71. The highest BCUT2D eigenvalue weighted by atomic mass is 16.4. The smallest absolute Gasteiger partial charge is 0.132 e. The molecule has 0 aromatic carbocycles. The summed E-state index contributed by atoms with van der Waals surface area (Å²) >= 11 is 0. The van der Waals surface area contributed by atoms with Crippen LogP contribution in [-0.2, 0) is 4.79 Å². The van der Waals surface area contributed by atoms with Crippen LogP contribution < -0.4 is 5.90 Å². The molecule has 0 aliphatic heterocycles. The monoisotopic (exact) mass is 215 g/mol. The maximum absolute atomic E-state index is 11.3.